The van der Waals surface area contributed by atoms with E-state index < -0.39 is 0 Å². The minimum absolute atomic E-state index is 0.0120. The Morgan fingerprint density at radius 2 is 1.50 bits per heavy atom. The van der Waals surface area contributed by atoms with E-state index in [-0.39, 0.29) is 23.3 Å². The normalized spacial score (nSPS) is 38.2. The Labute approximate surface area is 179 Å². The van der Waals surface area contributed by atoms with Gasteiger partial charge in [-0.25, -0.2) is 0 Å². The maximum Gasteiger partial charge on any atom is 0.245 e. The van der Waals surface area contributed by atoms with Crippen molar-refractivity contribution in [3.05, 3.63) is 0 Å². The Bertz CT molecular complexity index is 680. The minimum atomic E-state index is -0.268. The smallest absolute Gasteiger partial charge is 0.245 e. The maximum atomic E-state index is 13.8. The van der Waals surface area contributed by atoms with Crippen LogP contribution in [0.2, 0.25) is 0 Å². The third-order valence-corrected chi connectivity index (χ3v) is 8.62. The molecule has 7 heteroatoms. The van der Waals surface area contributed by atoms with Crippen LogP contribution in [0.3, 0.4) is 0 Å². The van der Waals surface area contributed by atoms with Gasteiger partial charge in [-0.3, -0.25) is 19.3 Å². The van der Waals surface area contributed by atoms with E-state index in [4.69, 9.17) is 0 Å². The highest BCUT2D eigenvalue weighted by Crippen LogP contribution is 2.60. The second kappa shape index (κ2) is 7.81. The van der Waals surface area contributed by atoms with Crippen LogP contribution in [0, 0.1) is 23.2 Å². The molecular weight excluding hydrogens is 380 g/mol. The first-order valence-electron chi connectivity index (χ1n) is 12.0. The van der Waals surface area contributed by atoms with E-state index in [1.54, 1.807) is 7.05 Å². The molecule has 6 rings (SSSR count). The number of piperazine rings is 1. The molecule has 0 aromatic carbocycles. The first-order valence-corrected chi connectivity index (χ1v) is 12.0. The van der Waals surface area contributed by atoms with E-state index in [2.05, 4.69) is 10.2 Å². The van der Waals surface area contributed by atoms with Crippen molar-refractivity contribution < 1.29 is 14.4 Å². The molecule has 2 aliphatic heterocycles. The van der Waals surface area contributed by atoms with Gasteiger partial charge in [0, 0.05) is 39.8 Å². The highest BCUT2D eigenvalue weighted by atomic mass is 16.2. The van der Waals surface area contributed by atoms with Crippen LogP contribution in [0.15, 0.2) is 0 Å². The second-order valence-electron chi connectivity index (χ2n) is 10.6. The van der Waals surface area contributed by atoms with E-state index in [0.29, 0.717) is 25.5 Å². The molecule has 0 aromatic heterocycles. The predicted octanol–water partition coefficient (Wildman–Crippen LogP) is 1.08. The van der Waals surface area contributed by atoms with E-state index in [0.717, 1.165) is 69.5 Å². The van der Waals surface area contributed by atoms with Crippen LogP contribution in [0.25, 0.3) is 0 Å². The van der Waals surface area contributed by atoms with Gasteiger partial charge in [-0.15, -0.1) is 0 Å². The largest absolute Gasteiger partial charge is 0.358 e. The average Bonchev–Trinajstić information content (AvgIpc) is 3.22. The van der Waals surface area contributed by atoms with Gasteiger partial charge in [-0.1, -0.05) is 0 Å². The van der Waals surface area contributed by atoms with Gasteiger partial charge >= 0.3 is 0 Å². The SMILES string of the molecule is CNC(=O)CN1CCN(C(=O)C2CCCN2C(=O)C23CC4CC(CC(C4)C2)C3)CC1. The molecule has 4 aliphatic carbocycles. The molecule has 6 aliphatic rings. The van der Waals surface area contributed by atoms with Crippen LogP contribution in [0.4, 0.5) is 0 Å². The van der Waals surface area contributed by atoms with Crippen molar-refractivity contribution in [3.63, 3.8) is 0 Å². The lowest BCUT2D eigenvalue weighted by atomic mass is 9.49. The molecule has 2 saturated heterocycles. The number of likely N-dealkylation sites (N-methyl/N-ethyl adjacent to an activating group) is 1. The summed E-state index contributed by atoms with van der Waals surface area (Å²) in [6.07, 6.45) is 8.91. The summed E-state index contributed by atoms with van der Waals surface area (Å²) in [5.41, 5.74) is -0.163. The van der Waals surface area contributed by atoms with Gasteiger partial charge in [0.1, 0.15) is 6.04 Å². The molecule has 0 aromatic rings. The fourth-order valence-electron chi connectivity index (χ4n) is 7.56. The molecule has 4 saturated carbocycles. The lowest BCUT2D eigenvalue weighted by Gasteiger charge is -2.56. The van der Waals surface area contributed by atoms with Gasteiger partial charge < -0.3 is 15.1 Å². The Morgan fingerprint density at radius 3 is 2.07 bits per heavy atom. The predicted molar refractivity (Wildman–Crippen MR) is 112 cm³/mol. The van der Waals surface area contributed by atoms with Crippen LogP contribution in [-0.2, 0) is 14.4 Å². The number of hydrogen-bond donors (Lipinski definition) is 1. The molecule has 6 fully saturated rings. The van der Waals surface area contributed by atoms with Crippen LogP contribution in [0.5, 0.6) is 0 Å². The van der Waals surface area contributed by atoms with Gasteiger partial charge in [0.15, 0.2) is 0 Å². The maximum absolute atomic E-state index is 13.8. The van der Waals surface area contributed by atoms with Crippen molar-refractivity contribution >= 4 is 17.7 Å². The molecule has 4 bridgehead atoms. The number of nitrogens with one attached hydrogen (secondary N) is 1. The van der Waals surface area contributed by atoms with Gasteiger partial charge in [-0.05, 0) is 69.1 Å². The van der Waals surface area contributed by atoms with Gasteiger partial charge in [0.05, 0.1) is 12.0 Å². The Morgan fingerprint density at radius 1 is 0.900 bits per heavy atom. The van der Waals surface area contributed by atoms with Gasteiger partial charge in [0.2, 0.25) is 17.7 Å². The Hall–Kier alpha value is -1.63. The zero-order valence-electron chi connectivity index (χ0n) is 18.3. The molecule has 3 amide bonds. The van der Waals surface area contributed by atoms with Crippen LogP contribution in [-0.4, -0.2) is 84.8 Å². The molecule has 30 heavy (non-hydrogen) atoms. The van der Waals surface area contributed by atoms with Crippen molar-refractivity contribution in [1.29, 1.82) is 0 Å². The third kappa shape index (κ3) is 3.53. The summed E-state index contributed by atoms with van der Waals surface area (Å²) < 4.78 is 0. The number of amides is 3. The summed E-state index contributed by atoms with van der Waals surface area (Å²) in [7, 11) is 1.65. The lowest BCUT2D eigenvalue weighted by molar-refractivity contribution is -0.162. The summed E-state index contributed by atoms with van der Waals surface area (Å²) in [4.78, 5) is 44.8. The monoisotopic (exact) mass is 416 g/mol. The minimum Gasteiger partial charge on any atom is -0.358 e. The zero-order valence-corrected chi connectivity index (χ0v) is 18.3. The Kier molecular flexibility index (Phi) is 5.28. The van der Waals surface area contributed by atoms with Gasteiger partial charge in [-0.2, -0.15) is 0 Å². The topological polar surface area (TPSA) is 73.0 Å². The van der Waals surface area contributed by atoms with Crippen LogP contribution in [0.1, 0.15) is 51.4 Å². The first-order chi connectivity index (χ1) is 14.5. The highest BCUT2D eigenvalue weighted by molar-refractivity contribution is 5.91. The van der Waals surface area contributed by atoms with E-state index in [9.17, 15) is 14.4 Å². The van der Waals surface area contributed by atoms with Gasteiger partial charge in [0.25, 0.3) is 0 Å². The average molecular weight is 417 g/mol. The van der Waals surface area contributed by atoms with E-state index in [1.807, 2.05) is 9.80 Å². The van der Waals surface area contributed by atoms with Crippen molar-refractivity contribution in [3.8, 4) is 0 Å². The first kappa shape index (κ1) is 20.3. The highest BCUT2D eigenvalue weighted by Gasteiger charge is 2.57. The number of carbonyl (C=O) groups is 3. The zero-order chi connectivity index (χ0) is 20.9. The molecule has 2 heterocycles. The fraction of sp³-hybridized carbons (Fsp3) is 0.870. The summed E-state index contributed by atoms with van der Waals surface area (Å²) in [5.74, 6) is 2.67. The summed E-state index contributed by atoms with van der Waals surface area (Å²) in [6, 6.07) is -0.268. The fourth-order valence-corrected chi connectivity index (χ4v) is 7.56. The summed E-state index contributed by atoms with van der Waals surface area (Å²) in [6.45, 7) is 3.85. The van der Waals surface area contributed by atoms with E-state index in [1.165, 1.54) is 19.3 Å². The van der Waals surface area contributed by atoms with Crippen molar-refractivity contribution in [2.45, 2.75) is 57.4 Å². The molecular formula is C23H36N4O3. The van der Waals surface area contributed by atoms with Crippen molar-refractivity contribution in [1.82, 2.24) is 20.0 Å². The summed E-state index contributed by atoms with van der Waals surface area (Å²) in [5, 5.41) is 2.66. The molecule has 1 unspecified atom stereocenters. The molecule has 166 valence electrons. The van der Waals surface area contributed by atoms with Crippen LogP contribution >= 0.6 is 0 Å². The quantitative estimate of drug-likeness (QED) is 0.745. The Balaban J connectivity index is 1.23. The molecule has 1 atom stereocenters. The lowest BCUT2D eigenvalue weighted by Crippen LogP contribution is -2.59. The number of nitrogens with zero attached hydrogens (tertiary/aromatic N) is 3. The third-order valence-electron chi connectivity index (χ3n) is 8.62. The number of hydrogen-bond acceptors (Lipinski definition) is 4. The number of likely N-dealkylation sites (tertiary alicyclic amines) is 1. The molecule has 0 radical (unpaired) electrons. The van der Waals surface area contributed by atoms with Crippen molar-refractivity contribution in [2.75, 3.05) is 46.3 Å². The molecule has 1 N–H and O–H groups in total. The molecule has 7 nitrogen and oxygen atoms in total. The second-order valence-corrected chi connectivity index (χ2v) is 10.6. The standard InChI is InChI=1S/C23H36N4O3/c1-24-20(28)15-25-5-7-26(8-6-25)21(29)19-3-2-4-27(19)22(30)23-12-16-9-17(13-23)11-18(10-16)14-23/h16-19H,2-15H2,1H3,(H,24,28). The summed E-state index contributed by atoms with van der Waals surface area (Å²) >= 11 is 0. The molecule has 0 spiro atoms. The van der Waals surface area contributed by atoms with Crippen LogP contribution < -0.4 is 5.32 Å². The number of rotatable bonds is 4. The van der Waals surface area contributed by atoms with Crippen molar-refractivity contribution in [2.24, 2.45) is 23.2 Å². The number of carbonyl (C=O) groups excluding carboxylic acids is 3. The van der Waals surface area contributed by atoms with E-state index >= 15 is 0 Å².